The Labute approximate surface area is 247 Å². The second-order valence-electron chi connectivity index (χ2n) is 9.74. The summed E-state index contributed by atoms with van der Waals surface area (Å²) in [6.45, 7) is 1.04. The van der Waals surface area contributed by atoms with E-state index in [2.05, 4.69) is 11.4 Å². The molecule has 0 saturated carbocycles. The second kappa shape index (κ2) is 15.5. The van der Waals surface area contributed by atoms with Gasteiger partial charge in [0.25, 0.3) is 6.47 Å². The number of benzene rings is 2. The van der Waals surface area contributed by atoms with Crippen LogP contribution in [-0.2, 0) is 20.9 Å². The van der Waals surface area contributed by atoms with Crippen LogP contribution in [-0.4, -0.2) is 77.1 Å². The van der Waals surface area contributed by atoms with E-state index in [-0.39, 0.29) is 56.4 Å². The first-order valence-electron chi connectivity index (χ1n) is 13.0. The van der Waals surface area contributed by atoms with Crippen LogP contribution in [0.4, 0.5) is 4.39 Å². The van der Waals surface area contributed by atoms with E-state index >= 15 is 0 Å². The number of carbonyl (C=O) groups excluding carboxylic acids is 2. The summed E-state index contributed by atoms with van der Waals surface area (Å²) >= 11 is 12.1. The molecular formula is C28H32Cl2FN5O5. The highest BCUT2D eigenvalue weighted by molar-refractivity contribution is 6.42. The van der Waals surface area contributed by atoms with E-state index in [9.17, 15) is 19.2 Å². The van der Waals surface area contributed by atoms with Crippen molar-refractivity contribution in [2.24, 2.45) is 5.73 Å². The Morgan fingerprint density at radius 1 is 1.29 bits per heavy atom. The fourth-order valence-electron chi connectivity index (χ4n) is 5.12. The van der Waals surface area contributed by atoms with Crippen molar-refractivity contribution >= 4 is 41.5 Å². The summed E-state index contributed by atoms with van der Waals surface area (Å²) < 4.78 is 19.5. The molecule has 0 aliphatic carbocycles. The van der Waals surface area contributed by atoms with Crippen LogP contribution in [0.1, 0.15) is 31.2 Å². The van der Waals surface area contributed by atoms with Crippen LogP contribution in [0.2, 0.25) is 10.0 Å². The highest BCUT2D eigenvalue weighted by atomic mass is 35.5. The van der Waals surface area contributed by atoms with Gasteiger partial charge >= 0.3 is 0 Å². The minimum Gasteiger partial charge on any atom is -0.492 e. The molecule has 10 nitrogen and oxygen atoms in total. The molecule has 4 N–H and O–H groups in total. The normalized spacial score (nSPS) is 21.0. The van der Waals surface area contributed by atoms with Crippen molar-refractivity contribution in [1.29, 1.82) is 5.26 Å². The molecule has 0 radical (unpaired) electrons. The maximum atomic E-state index is 13.7. The number of halogens is 3. The lowest BCUT2D eigenvalue weighted by Crippen LogP contribution is -2.53. The van der Waals surface area contributed by atoms with E-state index in [4.69, 9.17) is 43.6 Å². The van der Waals surface area contributed by atoms with Gasteiger partial charge in [-0.05, 0) is 49.1 Å². The standard InChI is InChI=1S/C27H30Cl2FN5O3.CH2O2/c28-22-7-6-17(11-23(22)29)14-33-26(36)24(5-2-9-31)34-10-8-20(16-38-21-4-1-3-18(30)12-21)35-15-19(32)13-25(35)27(34)37;2-1-3/h1,3-4,6-7,11-12,19-20,24-25H,2,5,8,10,13-16,32H2,(H,33,36);1H,(H,2,3)/t19-,20?,24-,25+;/m1./s1. The van der Waals surface area contributed by atoms with Crippen molar-refractivity contribution < 1.29 is 28.6 Å². The molecule has 41 heavy (non-hydrogen) atoms. The molecule has 1 unspecified atom stereocenters. The van der Waals surface area contributed by atoms with E-state index in [0.717, 1.165) is 5.56 Å². The second-order valence-corrected chi connectivity index (χ2v) is 10.5. The number of hydrogen-bond acceptors (Lipinski definition) is 7. The molecule has 2 aromatic carbocycles. The van der Waals surface area contributed by atoms with Gasteiger partial charge in [0.15, 0.2) is 0 Å². The molecule has 2 amide bonds. The third kappa shape index (κ3) is 8.78. The maximum Gasteiger partial charge on any atom is 0.290 e. The van der Waals surface area contributed by atoms with Gasteiger partial charge in [-0.3, -0.25) is 19.3 Å². The van der Waals surface area contributed by atoms with E-state index in [1.165, 1.54) is 12.1 Å². The third-order valence-corrected chi connectivity index (χ3v) is 7.75. The van der Waals surface area contributed by atoms with Gasteiger partial charge in [-0.25, -0.2) is 4.39 Å². The first kappa shape index (κ1) is 32.1. The van der Waals surface area contributed by atoms with Crippen LogP contribution in [0.3, 0.4) is 0 Å². The van der Waals surface area contributed by atoms with Gasteiger partial charge in [-0.15, -0.1) is 0 Å². The van der Waals surface area contributed by atoms with Crippen molar-refractivity contribution in [1.82, 2.24) is 15.1 Å². The minimum atomic E-state index is -0.813. The Hall–Kier alpha value is -3.43. The van der Waals surface area contributed by atoms with Crippen molar-refractivity contribution in [2.75, 3.05) is 19.7 Å². The predicted octanol–water partition coefficient (Wildman–Crippen LogP) is 3.20. The van der Waals surface area contributed by atoms with Gasteiger partial charge in [-0.1, -0.05) is 35.3 Å². The molecule has 2 saturated heterocycles. The first-order chi connectivity index (χ1) is 19.7. The molecule has 0 spiro atoms. The molecule has 4 atom stereocenters. The molecule has 0 aromatic heterocycles. The first-order valence-corrected chi connectivity index (χ1v) is 13.8. The molecule has 0 bridgehead atoms. The van der Waals surface area contributed by atoms with E-state index < -0.39 is 17.9 Å². The van der Waals surface area contributed by atoms with Gasteiger partial charge < -0.3 is 25.8 Å². The van der Waals surface area contributed by atoms with Crippen LogP contribution in [0.5, 0.6) is 5.75 Å². The Bertz CT molecular complexity index is 1260. The zero-order chi connectivity index (χ0) is 29.9. The van der Waals surface area contributed by atoms with Crippen molar-refractivity contribution in [3.63, 3.8) is 0 Å². The Morgan fingerprint density at radius 3 is 2.73 bits per heavy atom. The minimum absolute atomic E-state index is 0.120. The van der Waals surface area contributed by atoms with Gasteiger partial charge in [0.1, 0.15) is 24.2 Å². The Morgan fingerprint density at radius 2 is 2.05 bits per heavy atom. The molecule has 4 rings (SSSR count). The van der Waals surface area contributed by atoms with E-state index in [0.29, 0.717) is 41.7 Å². The fraction of sp³-hybridized carbons (Fsp3) is 0.429. The maximum absolute atomic E-state index is 13.7. The summed E-state index contributed by atoms with van der Waals surface area (Å²) in [4.78, 5) is 39.1. The topological polar surface area (TPSA) is 149 Å². The quantitative estimate of drug-likeness (QED) is 0.368. The fourth-order valence-corrected chi connectivity index (χ4v) is 5.44. The monoisotopic (exact) mass is 607 g/mol. The lowest BCUT2D eigenvalue weighted by molar-refractivity contribution is -0.143. The molecule has 2 fully saturated rings. The number of fused-ring (bicyclic) bond motifs is 1. The number of carboxylic acid groups (broad SMARTS) is 1. The van der Waals surface area contributed by atoms with Crippen molar-refractivity contribution in [3.8, 4) is 11.8 Å². The summed E-state index contributed by atoms with van der Waals surface area (Å²) in [5.41, 5.74) is 7.01. The van der Waals surface area contributed by atoms with Gasteiger partial charge in [0.2, 0.25) is 11.8 Å². The summed E-state index contributed by atoms with van der Waals surface area (Å²) in [6.07, 6.45) is 1.32. The Kier molecular flexibility index (Phi) is 12.2. The molecule has 2 aromatic rings. The zero-order valence-corrected chi connectivity index (χ0v) is 23.7. The van der Waals surface area contributed by atoms with E-state index in [1.807, 2.05) is 4.90 Å². The molecule has 13 heteroatoms. The number of hydrogen-bond donors (Lipinski definition) is 3. The smallest absolute Gasteiger partial charge is 0.290 e. The van der Waals surface area contributed by atoms with Gasteiger partial charge in [-0.2, -0.15) is 5.26 Å². The molecule has 2 heterocycles. The van der Waals surface area contributed by atoms with Crippen molar-refractivity contribution in [3.05, 3.63) is 63.9 Å². The van der Waals surface area contributed by atoms with Crippen LogP contribution in [0, 0.1) is 17.1 Å². The third-order valence-electron chi connectivity index (χ3n) is 7.01. The largest absolute Gasteiger partial charge is 0.492 e. The summed E-state index contributed by atoms with van der Waals surface area (Å²) in [5, 5.41) is 19.8. The lowest BCUT2D eigenvalue weighted by Gasteiger charge is -2.32. The predicted molar refractivity (Wildman–Crippen MR) is 151 cm³/mol. The van der Waals surface area contributed by atoms with Crippen LogP contribution in [0.15, 0.2) is 42.5 Å². The Balaban J connectivity index is 0.00000147. The number of ether oxygens (including phenoxy) is 1. The number of nitrogens with one attached hydrogen (secondary N) is 1. The SMILES string of the molecule is N#CCC[C@H](C(=O)NCc1ccc(Cl)c(Cl)c1)N1CCC(COc2cccc(F)c2)N2C[C@H](N)C[C@H]2C1=O.O=CO. The average molecular weight is 608 g/mol. The molecule has 2 aliphatic heterocycles. The number of nitrogens with two attached hydrogens (primary N) is 1. The highest BCUT2D eigenvalue weighted by Crippen LogP contribution is 2.29. The number of carbonyl (C=O) groups is 3. The molecular weight excluding hydrogens is 576 g/mol. The van der Waals surface area contributed by atoms with Gasteiger partial charge in [0.05, 0.1) is 22.2 Å². The highest BCUT2D eigenvalue weighted by Gasteiger charge is 2.45. The van der Waals surface area contributed by atoms with E-state index in [1.54, 1.807) is 35.2 Å². The molecule has 2 aliphatic rings. The van der Waals surface area contributed by atoms with Gasteiger partial charge in [0, 0.05) is 44.2 Å². The van der Waals surface area contributed by atoms with Crippen LogP contribution < -0.4 is 15.8 Å². The summed E-state index contributed by atoms with van der Waals surface area (Å²) in [6, 6.07) is 11.4. The summed E-state index contributed by atoms with van der Waals surface area (Å²) in [7, 11) is 0. The summed E-state index contributed by atoms with van der Waals surface area (Å²) in [5.74, 6) is -0.508. The molecule has 220 valence electrons. The number of amides is 2. The average Bonchev–Trinajstić information content (AvgIpc) is 3.28. The number of rotatable bonds is 9. The van der Waals surface area contributed by atoms with Crippen molar-refractivity contribution in [2.45, 2.75) is 56.4 Å². The van der Waals surface area contributed by atoms with Crippen LogP contribution >= 0.6 is 23.2 Å². The lowest BCUT2D eigenvalue weighted by atomic mass is 10.1. The van der Waals surface area contributed by atoms with Crippen LogP contribution in [0.25, 0.3) is 0 Å². The number of nitriles is 1. The number of nitrogens with zero attached hydrogens (tertiary/aromatic N) is 3. The zero-order valence-electron chi connectivity index (χ0n) is 22.2.